The second kappa shape index (κ2) is 3.15. The van der Waals surface area contributed by atoms with Crippen LogP contribution in [0.25, 0.3) is 6.08 Å². The molecule has 1 heterocycles. The molecular formula is C10H13NO. The first-order valence-electron chi connectivity index (χ1n) is 4.33. The fourth-order valence-electron chi connectivity index (χ4n) is 1.13. The lowest BCUT2D eigenvalue weighted by atomic mass is 10.4. The lowest BCUT2D eigenvalue weighted by Crippen LogP contribution is -2.14. The summed E-state index contributed by atoms with van der Waals surface area (Å²) in [6.45, 7) is 4.48. The van der Waals surface area contributed by atoms with Crippen LogP contribution in [0.4, 0.5) is 0 Å². The zero-order valence-corrected chi connectivity index (χ0v) is 7.05. The van der Waals surface area contributed by atoms with Crippen LogP contribution in [0, 0.1) is 0 Å². The number of hydrogen-bond acceptors (Lipinski definition) is 2. The average Bonchev–Trinajstić information content (AvgIpc) is 2.81. The molecule has 2 nitrogen and oxygen atoms in total. The Morgan fingerprint density at radius 1 is 1.58 bits per heavy atom. The average molecular weight is 163 g/mol. The van der Waals surface area contributed by atoms with Crippen LogP contribution in [0.1, 0.15) is 24.4 Å². The maximum Gasteiger partial charge on any atom is 0.126 e. The van der Waals surface area contributed by atoms with Gasteiger partial charge in [-0.15, -0.1) is 0 Å². The van der Waals surface area contributed by atoms with Crippen LogP contribution in [0.2, 0.25) is 0 Å². The summed E-state index contributed by atoms with van der Waals surface area (Å²) in [5.41, 5.74) is 0. The molecule has 12 heavy (non-hydrogen) atoms. The summed E-state index contributed by atoms with van der Waals surface area (Å²) in [6, 6.07) is 4.67. The molecule has 2 heteroatoms. The van der Waals surface area contributed by atoms with Crippen LogP contribution in [-0.4, -0.2) is 6.04 Å². The minimum absolute atomic E-state index is 0.738. The molecule has 0 aliphatic heterocycles. The van der Waals surface area contributed by atoms with Gasteiger partial charge in [-0.3, -0.25) is 0 Å². The Bertz CT molecular complexity index is 273. The summed E-state index contributed by atoms with van der Waals surface area (Å²) in [4.78, 5) is 0. The molecule has 2 rings (SSSR count). The Kier molecular flexibility index (Phi) is 2.00. The quantitative estimate of drug-likeness (QED) is 0.736. The topological polar surface area (TPSA) is 25.2 Å². The number of furan rings is 1. The largest absolute Gasteiger partial charge is 0.460 e. The molecule has 1 aliphatic rings. The van der Waals surface area contributed by atoms with Gasteiger partial charge in [0.05, 0.1) is 6.54 Å². The summed E-state index contributed by atoms with van der Waals surface area (Å²) in [7, 11) is 0. The summed E-state index contributed by atoms with van der Waals surface area (Å²) < 4.78 is 5.43. The van der Waals surface area contributed by atoms with E-state index in [0.717, 1.165) is 24.1 Å². The minimum atomic E-state index is 0.738. The van der Waals surface area contributed by atoms with Crippen molar-refractivity contribution in [2.45, 2.75) is 25.4 Å². The SMILES string of the molecule is C=Cc1ccc(CNC2CC2)o1. The number of hydrogen-bond donors (Lipinski definition) is 1. The molecular weight excluding hydrogens is 150 g/mol. The van der Waals surface area contributed by atoms with Gasteiger partial charge in [-0.1, -0.05) is 6.58 Å². The molecule has 0 unspecified atom stereocenters. The second-order valence-corrected chi connectivity index (χ2v) is 3.16. The molecule has 0 radical (unpaired) electrons. The standard InChI is InChI=1S/C10H13NO/c1-2-9-5-6-10(12-9)7-11-8-3-4-8/h2,5-6,8,11H,1,3-4,7H2. The molecule has 0 amide bonds. The van der Waals surface area contributed by atoms with Gasteiger partial charge in [0.15, 0.2) is 0 Å². The summed E-state index contributed by atoms with van der Waals surface area (Å²) in [5.74, 6) is 1.85. The summed E-state index contributed by atoms with van der Waals surface area (Å²) in [6.07, 6.45) is 4.35. The van der Waals surface area contributed by atoms with Gasteiger partial charge in [-0.25, -0.2) is 0 Å². The van der Waals surface area contributed by atoms with Crippen LogP contribution in [0.3, 0.4) is 0 Å². The molecule has 0 bridgehead atoms. The second-order valence-electron chi connectivity index (χ2n) is 3.16. The lowest BCUT2D eigenvalue weighted by Gasteiger charge is -1.97. The van der Waals surface area contributed by atoms with Crippen LogP contribution in [0.5, 0.6) is 0 Å². The first-order chi connectivity index (χ1) is 5.88. The highest BCUT2D eigenvalue weighted by atomic mass is 16.3. The van der Waals surface area contributed by atoms with Crippen molar-refractivity contribution in [3.05, 3.63) is 30.2 Å². The van der Waals surface area contributed by atoms with Crippen molar-refractivity contribution >= 4 is 6.08 Å². The van der Waals surface area contributed by atoms with E-state index in [-0.39, 0.29) is 0 Å². The number of nitrogens with one attached hydrogen (secondary N) is 1. The Labute approximate surface area is 72.3 Å². The molecule has 1 aliphatic carbocycles. The Morgan fingerprint density at radius 3 is 3.00 bits per heavy atom. The van der Waals surface area contributed by atoms with Crippen LogP contribution in [-0.2, 0) is 6.54 Å². The number of rotatable bonds is 4. The van der Waals surface area contributed by atoms with E-state index in [1.54, 1.807) is 6.08 Å². The van der Waals surface area contributed by atoms with Crippen molar-refractivity contribution in [3.8, 4) is 0 Å². The first-order valence-corrected chi connectivity index (χ1v) is 4.33. The van der Waals surface area contributed by atoms with E-state index in [1.807, 2.05) is 12.1 Å². The van der Waals surface area contributed by atoms with Gasteiger partial charge in [0.2, 0.25) is 0 Å². The van der Waals surface area contributed by atoms with Gasteiger partial charge < -0.3 is 9.73 Å². The molecule has 0 saturated heterocycles. The van der Waals surface area contributed by atoms with E-state index < -0.39 is 0 Å². The van der Waals surface area contributed by atoms with Gasteiger partial charge >= 0.3 is 0 Å². The molecule has 0 atom stereocenters. The lowest BCUT2D eigenvalue weighted by molar-refractivity contribution is 0.476. The van der Waals surface area contributed by atoms with Gasteiger partial charge in [0, 0.05) is 6.04 Å². The molecule has 1 saturated carbocycles. The Hall–Kier alpha value is -1.02. The minimum Gasteiger partial charge on any atom is -0.460 e. The van der Waals surface area contributed by atoms with Crippen molar-refractivity contribution < 1.29 is 4.42 Å². The van der Waals surface area contributed by atoms with E-state index in [0.29, 0.717) is 0 Å². The predicted octanol–water partition coefficient (Wildman–Crippen LogP) is 2.17. The zero-order chi connectivity index (χ0) is 8.39. The summed E-state index contributed by atoms with van der Waals surface area (Å²) >= 11 is 0. The van der Waals surface area contributed by atoms with Gasteiger partial charge in [0.25, 0.3) is 0 Å². The smallest absolute Gasteiger partial charge is 0.126 e. The van der Waals surface area contributed by atoms with E-state index in [2.05, 4.69) is 11.9 Å². The molecule has 1 N–H and O–H groups in total. The monoisotopic (exact) mass is 163 g/mol. The van der Waals surface area contributed by atoms with Gasteiger partial charge in [-0.05, 0) is 31.1 Å². The first kappa shape index (κ1) is 7.62. The van der Waals surface area contributed by atoms with Crippen LogP contribution < -0.4 is 5.32 Å². The molecule has 64 valence electrons. The fourth-order valence-corrected chi connectivity index (χ4v) is 1.13. The molecule has 1 aromatic heterocycles. The highest BCUT2D eigenvalue weighted by molar-refractivity contribution is 5.39. The van der Waals surface area contributed by atoms with E-state index >= 15 is 0 Å². The summed E-state index contributed by atoms with van der Waals surface area (Å²) in [5, 5.41) is 3.38. The van der Waals surface area contributed by atoms with Crippen molar-refractivity contribution in [3.63, 3.8) is 0 Å². The maximum atomic E-state index is 5.43. The molecule has 0 spiro atoms. The fraction of sp³-hybridized carbons (Fsp3) is 0.400. The van der Waals surface area contributed by atoms with Crippen molar-refractivity contribution in [1.82, 2.24) is 5.32 Å². The third kappa shape index (κ3) is 1.77. The zero-order valence-electron chi connectivity index (χ0n) is 7.05. The highest BCUT2D eigenvalue weighted by Gasteiger charge is 2.20. The molecule has 1 aromatic rings. The van der Waals surface area contributed by atoms with E-state index in [4.69, 9.17) is 4.42 Å². The van der Waals surface area contributed by atoms with Crippen molar-refractivity contribution in [1.29, 1.82) is 0 Å². The third-order valence-electron chi connectivity index (χ3n) is 2.03. The predicted molar refractivity (Wildman–Crippen MR) is 48.7 cm³/mol. The highest BCUT2D eigenvalue weighted by Crippen LogP contribution is 2.19. The van der Waals surface area contributed by atoms with Gasteiger partial charge in [-0.2, -0.15) is 0 Å². The van der Waals surface area contributed by atoms with Crippen molar-refractivity contribution in [2.24, 2.45) is 0 Å². The maximum absolute atomic E-state index is 5.43. The van der Waals surface area contributed by atoms with Crippen molar-refractivity contribution in [2.75, 3.05) is 0 Å². The normalized spacial score (nSPS) is 16.3. The van der Waals surface area contributed by atoms with Crippen LogP contribution in [0.15, 0.2) is 23.1 Å². The van der Waals surface area contributed by atoms with E-state index in [1.165, 1.54) is 12.8 Å². The van der Waals surface area contributed by atoms with E-state index in [9.17, 15) is 0 Å². The third-order valence-corrected chi connectivity index (χ3v) is 2.03. The molecule has 1 fully saturated rings. The molecule has 0 aromatic carbocycles. The van der Waals surface area contributed by atoms with Crippen LogP contribution >= 0.6 is 0 Å². The Morgan fingerprint density at radius 2 is 2.42 bits per heavy atom. The van der Waals surface area contributed by atoms with Gasteiger partial charge in [0.1, 0.15) is 11.5 Å². The Balaban J connectivity index is 1.88.